The first-order valence-corrected chi connectivity index (χ1v) is 12.6. The number of allylic oxidation sites excluding steroid dienone is 2. The minimum atomic E-state index is -0.720. The van der Waals surface area contributed by atoms with Crippen LogP contribution in [0.2, 0.25) is 0 Å². The van der Waals surface area contributed by atoms with Crippen LogP contribution in [-0.4, -0.2) is 68.4 Å². The van der Waals surface area contributed by atoms with Crippen molar-refractivity contribution in [2.24, 2.45) is 11.8 Å². The van der Waals surface area contributed by atoms with Crippen molar-refractivity contribution in [1.29, 1.82) is 0 Å². The molecule has 1 aliphatic carbocycles. The molecule has 1 rings (SSSR count). The van der Waals surface area contributed by atoms with E-state index in [4.69, 9.17) is 21.3 Å². The van der Waals surface area contributed by atoms with Crippen LogP contribution in [0.1, 0.15) is 39.0 Å². The van der Waals surface area contributed by atoms with Crippen LogP contribution in [0.4, 0.5) is 0 Å². The molecule has 0 aromatic heterocycles. The van der Waals surface area contributed by atoms with E-state index in [0.717, 1.165) is 19.3 Å². The summed E-state index contributed by atoms with van der Waals surface area (Å²) in [5.41, 5.74) is 0.0644. The summed E-state index contributed by atoms with van der Waals surface area (Å²) in [6.45, 7) is 3.47. The van der Waals surface area contributed by atoms with Crippen molar-refractivity contribution in [3.8, 4) is 0 Å². The number of unbranched alkanes of at least 4 members (excludes halogenated alkanes) is 1. The van der Waals surface area contributed by atoms with Crippen molar-refractivity contribution in [3.63, 3.8) is 0 Å². The number of nitrogens with one attached hydrogen (secondary N) is 2. The summed E-state index contributed by atoms with van der Waals surface area (Å²) in [6, 6.07) is 0. The Kier molecular flexibility index (Phi) is 14.7. The summed E-state index contributed by atoms with van der Waals surface area (Å²) in [5, 5.41) is 5.41. The van der Waals surface area contributed by atoms with Gasteiger partial charge in [0, 0.05) is 25.4 Å². The molecule has 0 saturated heterocycles. The van der Waals surface area contributed by atoms with Crippen molar-refractivity contribution in [1.82, 2.24) is 10.6 Å². The maximum atomic E-state index is 11.7. The highest BCUT2D eigenvalue weighted by molar-refractivity contribution is 8.03. The first kappa shape index (κ1) is 28.2. The third-order valence-electron chi connectivity index (χ3n) is 4.83. The third-order valence-corrected chi connectivity index (χ3v) is 5.99. The van der Waals surface area contributed by atoms with E-state index in [2.05, 4.69) is 10.6 Å². The Morgan fingerprint density at radius 1 is 1.00 bits per heavy atom. The number of ether oxygens (including phenoxy) is 2. The summed E-state index contributed by atoms with van der Waals surface area (Å²) in [6.07, 6.45) is 5.22. The fourth-order valence-corrected chi connectivity index (χ4v) is 3.75. The lowest BCUT2D eigenvalue weighted by Crippen LogP contribution is -2.30. The van der Waals surface area contributed by atoms with E-state index in [1.165, 1.54) is 12.2 Å². The van der Waals surface area contributed by atoms with E-state index < -0.39 is 5.92 Å². The molecule has 0 bridgehead atoms. The van der Waals surface area contributed by atoms with Crippen LogP contribution >= 0.6 is 7.36 Å². The van der Waals surface area contributed by atoms with E-state index in [1.807, 2.05) is 6.92 Å². The van der Waals surface area contributed by atoms with Gasteiger partial charge in [-0.2, -0.15) is 0 Å². The predicted molar refractivity (Wildman–Crippen MR) is 122 cm³/mol. The molecule has 0 spiro atoms. The number of rotatable bonds is 18. The molecule has 0 radical (unpaired) electrons. The molecule has 1 aliphatic rings. The molecule has 0 fully saturated rings. The normalized spacial score (nSPS) is 14.7. The average molecular weight is 487 g/mol. The highest BCUT2D eigenvalue weighted by Crippen LogP contribution is 2.16. The maximum Gasteiger partial charge on any atom is 0.245 e. The molecule has 0 saturated carbocycles. The van der Waals surface area contributed by atoms with E-state index in [1.54, 1.807) is 0 Å². The Morgan fingerprint density at radius 2 is 1.66 bits per heavy atom. The van der Waals surface area contributed by atoms with Gasteiger partial charge < -0.3 is 20.1 Å². The molecular formula is C21H31N2O7PS. The summed E-state index contributed by atoms with van der Waals surface area (Å²) < 4.78 is 10.5. The fourth-order valence-electron chi connectivity index (χ4n) is 2.90. The predicted octanol–water partition coefficient (Wildman–Crippen LogP) is 1.10. The van der Waals surface area contributed by atoms with Crippen LogP contribution in [0.3, 0.4) is 0 Å². The Balaban J connectivity index is 1.89. The van der Waals surface area contributed by atoms with Gasteiger partial charge in [-0.15, -0.1) is 0 Å². The molecule has 1 atom stereocenters. The third kappa shape index (κ3) is 12.2. The summed E-state index contributed by atoms with van der Waals surface area (Å²) in [5.74, 6) is -1.69. The minimum absolute atomic E-state index is 0.0349. The number of carbonyl (C=O) groups excluding carboxylic acids is 5. The van der Waals surface area contributed by atoms with Crippen LogP contribution in [0.25, 0.3) is 0 Å². The standard InChI is InChI=1S/C21H31N2O7PS/c1-15(21(28)31-32)4-2-3-9-22-20(27)14-30-13-12-29-11-10-23-19(26)8-5-16-17(24)6-7-18(16)25/h6-7,15-16H,2-5,8-14H2,1H3,(H,22,27)(H,23,26). The number of hydrogen-bond acceptors (Lipinski definition) is 8. The highest BCUT2D eigenvalue weighted by Gasteiger charge is 2.28. The second-order valence-corrected chi connectivity index (χ2v) is 8.59. The SMILES string of the molecule is CC(CCCCNC(=O)COCCOCCNC(=O)CCC1C(=O)C=CC1=O)C(=O)P=S. The molecule has 11 heteroatoms. The van der Waals surface area contributed by atoms with Crippen LogP contribution < -0.4 is 10.6 Å². The van der Waals surface area contributed by atoms with Crippen molar-refractivity contribution < 1.29 is 33.4 Å². The van der Waals surface area contributed by atoms with Gasteiger partial charge in [0.15, 0.2) is 17.1 Å². The molecule has 178 valence electrons. The van der Waals surface area contributed by atoms with Crippen molar-refractivity contribution >= 4 is 48.1 Å². The molecule has 0 aliphatic heterocycles. The second-order valence-electron chi connectivity index (χ2n) is 7.42. The summed E-state index contributed by atoms with van der Waals surface area (Å²) >= 11 is 4.72. The summed E-state index contributed by atoms with van der Waals surface area (Å²) in [4.78, 5) is 57.7. The number of hydrogen-bond donors (Lipinski definition) is 2. The van der Waals surface area contributed by atoms with Gasteiger partial charge in [0.05, 0.1) is 33.1 Å². The molecule has 9 nitrogen and oxygen atoms in total. The first-order valence-electron chi connectivity index (χ1n) is 10.7. The molecule has 0 aromatic carbocycles. The van der Waals surface area contributed by atoms with Crippen molar-refractivity contribution in [3.05, 3.63) is 12.2 Å². The van der Waals surface area contributed by atoms with Gasteiger partial charge in [0.1, 0.15) is 6.61 Å². The highest BCUT2D eigenvalue weighted by atomic mass is 32.4. The van der Waals surface area contributed by atoms with Crippen LogP contribution in [0.5, 0.6) is 0 Å². The zero-order valence-corrected chi connectivity index (χ0v) is 20.0. The van der Waals surface area contributed by atoms with Gasteiger partial charge in [-0.05, 0) is 43.2 Å². The topological polar surface area (TPSA) is 128 Å². The lowest BCUT2D eigenvalue weighted by atomic mass is 9.99. The van der Waals surface area contributed by atoms with Crippen molar-refractivity contribution in [2.45, 2.75) is 39.0 Å². The fraction of sp³-hybridized carbons (Fsp3) is 0.667. The minimum Gasteiger partial charge on any atom is -0.377 e. The van der Waals surface area contributed by atoms with E-state index in [0.29, 0.717) is 20.4 Å². The van der Waals surface area contributed by atoms with Gasteiger partial charge in [-0.1, -0.05) is 13.3 Å². The average Bonchev–Trinajstić information content (AvgIpc) is 3.10. The van der Waals surface area contributed by atoms with Crippen molar-refractivity contribution in [2.75, 3.05) is 39.5 Å². The van der Waals surface area contributed by atoms with Crippen LogP contribution in [0.15, 0.2) is 12.2 Å². The quantitative estimate of drug-likeness (QED) is 0.167. The van der Waals surface area contributed by atoms with Gasteiger partial charge in [0.2, 0.25) is 11.8 Å². The lowest BCUT2D eigenvalue weighted by molar-refractivity contribution is -0.128. The number of amides is 2. The van der Waals surface area contributed by atoms with Gasteiger partial charge in [-0.3, -0.25) is 24.0 Å². The number of ketones is 2. The van der Waals surface area contributed by atoms with Gasteiger partial charge in [0.25, 0.3) is 0 Å². The molecule has 2 amide bonds. The Hall–Kier alpha value is -1.87. The van der Waals surface area contributed by atoms with Crippen LogP contribution in [0, 0.1) is 11.8 Å². The van der Waals surface area contributed by atoms with E-state index in [9.17, 15) is 24.0 Å². The maximum absolute atomic E-state index is 11.7. The van der Waals surface area contributed by atoms with Crippen LogP contribution in [-0.2, 0) is 45.3 Å². The molecule has 1 unspecified atom stereocenters. The smallest absolute Gasteiger partial charge is 0.245 e. The molecule has 0 aromatic rings. The molecule has 32 heavy (non-hydrogen) atoms. The Bertz CT molecular complexity index is 696. The van der Waals surface area contributed by atoms with Gasteiger partial charge >= 0.3 is 0 Å². The molecular weight excluding hydrogens is 455 g/mol. The Labute approximate surface area is 194 Å². The zero-order chi connectivity index (χ0) is 23.8. The molecule has 2 N–H and O–H groups in total. The van der Waals surface area contributed by atoms with Gasteiger partial charge in [-0.25, -0.2) is 0 Å². The first-order chi connectivity index (χ1) is 15.3. The monoisotopic (exact) mass is 486 g/mol. The van der Waals surface area contributed by atoms with E-state index >= 15 is 0 Å². The van der Waals surface area contributed by atoms with E-state index in [-0.39, 0.29) is 74.1 Å². The summed E-state index contributed by atoms with van der Waals surface area (Å²) in [7, 11) is 0.379. The molecule has 0 heterocycles. The Morgan fingerprint density at radius 3 is 2.34 bits per heavy atom. The second kappa shape index (κ2) is 16.7. The number of carbonyl (C=O) groups is 5. The zero-order valence-electron chi connectivity index (χ0n) is 18.3. The lowest BCUT2D eigenvalue weighted by Gasteiger charge is -2.09. The largest absolute Gasteiger partial charge is 0.377 e.